The molecule has 0 aromatic heterocycles. The van der Waals surface area contributed by atoms with Gasteiger partial charge in [-0.05, 0) is 0 Å². The minimum atomic E-state index is -3.31. The van der Waals surface area contributed by atoms with Crippen molar-refractivity contribution in [1.29, 1.82) is 0 Å². The number of carbonyl (C=O) groups is 2. The lowest BCUT2D eigenvalue weighted by molar-refractivity contribution is -0.139. The summed E-state index contributed by atoms with van der Waals surface area (Å²) in [5, 5.41) is 11.1. The lowest BCUT2D eigenvalue weighted by Crippen LogP contribution is -2.54. The third-order valence-electron chi connectivity index (χ3n) is 2.90. The van der Waals surface area contributed by atoms with Crippen LogP contribution in [0.15, 0.2) is 0 Å². The van der Waals surface area contributed by atoms with Crippen LogP contribution in [0.5, 0.6) is 0 Å². The number of sulfonamides is 1. The molecule has 0 unspecified atom stereocenters. The molecule has 2 N–H and O–H groups in total. The number of likely N-dealkylation sites (tertiary alicyclic amines) is 1. The lowest BCUT2D eigenvalue weighted by atomic mass is 9.97. The normalized spacial score (nSPS) is 16.3. The minimum Gasteiger partial charge on any atom is -0.481 e. The van der Waals surface area contributed by atoms with Crippen LogP contribution in [0.2, 0.25) is 0 Å². The van der Waals surface area contributed by atoms with E-state index in [9.17, 15) is 18.0 Å². The molecule has 110 valence electrons. The van der Waals surface area contributed by atoms with E-state index < -0.39 is 16.0 Å². The summed E-state index contributed by atoms with van der Waals surface area (Å²) in [6, 6.07) is -0.351. The Bertz CT molecular complexity index is 442. The largest absolute Gasteiger partial charge is 0.481 e. The number of rotatable bonds is 6. The number of hydrogen-bond donors (Lipinski definition) is 2. The van der Waals surface area contributed by atoms with Gasteiger partial charge in [-0.25, -0.2) is 17.5 Å². The molecular formula is C10H19N3O5S. The highest BCUT2D eigenvalue weighted by Crippen LogP contribution is 2.18. The molecule has 2 amide bonds. The second-order valence-corrected chi connectivity index (χ2v) is 7.00. The van der Waals surface area contributed by atoms with Crippen LogP contribution in [0.25, 0.3) is 0 Å². The van der Waals surface area contributed by atoms with Crippen LogP contribution in [-0.2, 0) is 14.8 Å². The van der Waals surface area contributed by atoms with Crippen LogP contribution in [0.1, 0.15) is 6.42 Å². The summed E-state index contributed by atoms with van der Waals surface area (Å²) in [6.45, 7) is 0.844. The molecular weight excluding hydrogens is 274 g/mol. The van der Waals surface area contributed by atoms with Gasteiger partial charge in [0.1, 0.15) is 0 Å². The molecule has 19 heavy (non-hydrogen) atoms. The first-order valence-corrected chi connectivity index (χ1v) is 7.48. The fourth-order valence-corrected chi connectivity index (χ4v) is 2.42. The van der Waals surface area contributed by atoms with Gasteiger partial charge in [0.2, 0.25) is 10.0 Å². The summed E-state index contributed by atoms with van der Waals surface area (Å²) in [7, 11) is -0.445. The van der Waals surface area contributed by atoms with Crippen molar-refractivity contribution in [3.63, 3.8) is 0 Å². The summed E-state index contributed by atoms with van der Waals surface area (Å²) in [5.41, 5.74) is 0. The SMILES string of the molecule is CN(C)S(=O)(=O)CCNC(=O)N1CC(CC(=O)O)C1. The molecule has 0 aromatic rings. The average molecular weight is 293 g/mol. The van der Waals surface area contributed by atoms with E-state index in [1.54, 1.807) is 0 Å². The highest BCUT2D eigenvalue weighted by molar-refractivity contribution is 7.89. The summed E-state index contributed by atoms with van der Waals surface area (Å²) in [6.07, 6.45) is 0.0544. The average Bonchev–Trinajstić information content (AvgIpc) is 2.21. The molecule has 0 radical (unpaired) electrons. The number of nitrogens with one attached hydrogen (secondary N) is 1. The maximum atomic E-state index is 11.6. The summed E-state index contributed by atoms with van der Waals surface area (Å²) in [5.74, 6) is -1.03. The van der Waals surface area contributed by atoms with E-state index in [1.165, 1.54) is 19.0 Å². The first kappa shape index (κ1) is 15.7. The van der Waals surface area contributed by atoms with Crippen molar-refractivity contribution in [2.24, 2.45) is 5.92 Å². The van der Waals surface area contributed by atoms with Gasteiger partial charge >= 0.3 is 12.0 Å². The fourth-order valence-electron chi connectivity index (χ4n) is 1.69. The summed E-state index contributed by atoms with van der Waals surface area (Å²) in [4.78, 5) is 23.5. The Hall–Kier alpha value is -1.35. The molecule has 1 aliphatic rings. The molecule has 0 saturated carbocycles. The van der Waals surface area contributed by atoms with Gasteiger partial charge in [-0.15, -0.1) is 0 Å². The van der Waals surface area contributed by atoms with Crippen LogP contribution in [0, 0.1) is 5.92 Å². The standard InChI is InChI=1S/C10H19N3O5S/c1-12(2)19(17,18)4-3-11-10(16)13-6-8(7-13)5-9(14)15/h8H,3-7H2,1-2H3,(H,11,16)(H,14,15). The Labute approximate surface area is 112 Å². The highest BCUT2D eigenvalue weighted by atomic mass is 32.2. The first-order chi connectivity index (χ1) is 8.72. The predicted molar refractivity (Wildman–Crippen MR) is 68.2 cm³/mol. The van der Waals surface area contributed by atoms with Crippen LogP contribution in [0.3, 0.4) is 0 Å². The lowest BCUT2D eigenvalue weighted by Gasteiger charge is -2.38. The molecule has 1 rings (SSSR count). The Kier molecular flexibility index (Phi) is 5.12. The number of nitrogens with zero attached hydrogens (tertiary/aromatic N) is 2. The molecule has 1 aliphatic heterocycles. The number of carbonyl (C=O) groups excluding carboxylic acids is 1. The second-order valence-electron chi connectivity index (χ2n) is 4.70. The Morgan fingerprint density at radius 2 is 1.95 bits per heavy atom. The van der Waals surface area contributed by atoms with E-state index in [0.717, 1.165) is 4.31 Å². The number of amides is 2. The Morgan fingerprint density at radius 1 is 1.37 bits per heavy atom. The van der Waals surface area contributed by atoms with Crippen molar-refractivity contribution in [2.75, 3.05) is 39.5 Å². The van der Waals surface area contributed by atoms with E-state index in [4.69, 9.17) is 5.11 Å². The maximum Gasteiger partial charge on any atom is 0.317 e. The molecule has 1 saturated heterocycles. The van der Waals surface area contributed by atoms with Crippen molar-refractivity contribution in [3.8, 4) is 0 Å². The number of hydrogen-bond acceptors (Lipinski definition) is 4. The molecule has 8 nitrogen and oxygen atoms in total. The molecule has 0 aliphatic carbocycles. The van der Waals surface area contributed by atoms with Crippen molar-refractivity contribution in [1.82, 2.24) is 14.5 Å². The Morgan fingerprint density at radius 3 is 2.42 bits per heavy atom. The monoisotopic (exact) mass is 293 g/mol. The van der Waals surface area contributed by atoms with Gasteiger partial charge < -0.3 is 15.3 Å². The molecule has 0 bridgehead atoms. The maximum absolute atomic E-state index is 11.6. The highest BCUT2D eigenvalue weighted by Gasteiger charge is 2.31. The zero-order chi connectivity index (χ0) is 14.6. The van der Waals surface area contributed by atoms with Crippen LogP contribution in [-0.4, -0.2) is 74.2 Å². The van der Waals surface area contributed by atoms with E-state index >= 15 is 0 Å². The van der Waals surface area contributed by atoms with Gasteiger partial charge in [0.25, 0.3) is 0 Å². The third kappa shape index (κ3) is 4.67. The molecule has 0 aromatic carbocycles. The zero-order valence-electron chi connectivity index (χ0n) is 11.0. The summed E-state index contributed by atoms with van der Waals surface area (Å²) >= 11 is 0. The van der Waals surface area contributed by atoms with E-state index in [-0.39, 0.29) is 30.7 Å². The molecule has 0 spiro atoms. The van der Waals surface area contributed by atoms with Gasteiger partial charge in [-0.1, -0.05) is 0 Å². The first-order valence-electron chi connectivity index (χ1n) is 5.87. The van der Waals surface area contributed by atoms with Gasteiger partial charge in [0, 0.05) is 39.6 Å². The van der Waals surface area contributed by atoms with Crippen LogP contribution >= 0.6 is 0 Å². The van der Waals surface area contributed by atoms with Gasteiger partial charge in [-0.3, -0.25) is 4.79 Å². The van der Waals surface area contributed by atoms with Crippen LogP contribution < -0.4 is 5.32 Å². The third-order valence-corrected chi connectivity index (χ3v) is 4.73. The minimum absolute atomic E-state index is 0.00578. The van der Waals surface area contributed by atoms with Crippen molar-refractivity contribution in [2.45, 2.75) is 6.42 Å². The Balaban J connectivity index is 2.22. The molecule has 1 fully saturated rings. The fraction of sp³-hybridized carbons (Fsp3) is 0.800. The van der Waals surface area contributed by atoms with E-state index in [1.807, 2.05) is 0 Å². The number of carboxylic acids is 1. The summed E-state index contributed by atoms with van der Waals surface area (Å²) < 4.78 is 24.0. The zero-order valence-corrected chi connectivity index (χ0v) is 11.8. The number of carboxylic acid groups (broad SMARTS) is 1. The second kappa shape index (κ2) is 6.20. The molecule has 1 heterocycles. The quantitative estimate of drug-likeness (QED) is 0.653. The van der Waals surface area contributed by atoms with Crippen molar-refractivity contribution >= 4 is 22.0 Å². The topological polar surface area (TPSA) is 107 Å². The molecule has 9 heteroatoms. The van der Waals surface area contributed by atoms with E-state index in [2.05, 4.69) is 5.32 Å². The van der Waals surface area contributed by atoms with Crippen molar-refractivity contribution < 1.29 is 23.1 Å². The van der Waals surface area contributed by atoms with Crippen molar-refractivity contribution in [3.05, 3.63) is 0 Å². The smallest absolute Gasteiger partial charge is 0.317 e. The van der Waals surface area contributed by atoms with Gasteiger partial charge in [0.05, 0.1) is 12.2 Å². The number of urea groups is 1. The van der Waals surface area contributed by atoms with Crippen LogP contribution in [0.4, 0.5) is 4.79 Å². The van der Waals surface area contributed by atoms with E-state index in [0.29, 0.717) is 13.1 Å². The van der Waals surface area contributed by atoms with Gasteiger partial charge in [0.15, 0.2) is 0 Å². The molecule has 0 atom stereocenters. The van der Waals surface area contributed by atoms with Gasteiger partial charge in [-0.2, -0.15) is 0 Å². The number of aliphatic carboxylic acids is 1. The predicted octanol–water partition coefficient (Wildman–Crippen LogP) is -1.01.